The highest BCUT2D eigenvalue weighted by Crippen LogP contribution is 2.05. The number of aliphatic hydroxyl groups excluding tert-OH is 1. The van der Waals surface area contributed by atoms with Crippen molar-refractivity contribution in [3.8, 4) is 0 Å². The number of carbonyl (C=O) groups excluding carboxylic acids is 1. The van der Waals surface area contributed by atoms with Crippen molar-refractivity contribution in [3.63, 3.8) is 0 Å². The molecular formula is C16H22O4. The molecule has 0 saturated heterocycles. The van der Waals surface area contributed by atoms with E-state index in [2.05, 4.69) is 0 Å². The van der Waals surface area contributed by atoms with Crippen LogP contribution in [0, 0.1) is 0 Å². The molecular weight excluding hydrogens is 256 g/mol. The predicted octanol–water partition coefficient (Wildman–Crippen LogP) is 2.46. The smallest absolute Gasteiger partial charge is 0.335 e. The molecule has 0 aliphatic rings. The largest absolute Gasteiger partial charge is 0.464 e. The number of esters is 1. The van der Waals surface area contributed by atoms with Crippen molar-refractivity contribution in [1.82, 2.24) is 0 Å². The second kappa shape index (κ2) is 9.28. The van der Waals surface area contributed by atoms with Gasteiger partial charge in [-0.05, 0) is 19.4 Å². The molecule has 1 aromatic rings. The number of rotatable bonds is 8. The van der Waals surface area contributed by atoms with E-state index in [1.54, 1.807) is 13.0 Å². The van der Waals surface area contributed by atoms with Gasteiger partial charge in [0.1, 0.15) is 0 Å². The summed E-state index contributed by atoms with van der Waals surface area (Å²) in [5.41, 5.74) is 2.09. The Morgan fingerprint density at radius 3 is 2.70 bits per heavy atom. The number of hydrogen-bond donors (Lipinski definition) is 1. The fourth-order valence-electron chi connectivity index (χ4n) is 1.61. The molecule has 0 bridgehead atoms. The first-order valence-electron chi connectivity index (χ1n) is 6.75. The SMILES string of the molecule is CCOC(=O)C(O)C/C=C(\C)COCc1ccccc1. The van der Waals surface area contributed by atoms with Crippen LogP contribution in [0.1, 0.15) is 25.8 Å². The van der Waals surface area contributed by atoms with E-state index >= 15 is 0 Å². The summed E-state index contributed by atoms with van der Waals surface area (Å²) < 4.78 is 10.3. The Morgan fingerprint density at radius 1 is 1.35 bits per heavy atom. The summed E-state index contributed by atoms with van der Waals surface area (Å²) in [5.74, 6) is -0.582. The molecule has 4 heteroatoms. The fourth-order valence-corrected chi connectivity index (χ4v) is 1.61. The van der Waals surface area contributed by atoms with Crippen molar-refractivity contribution in [1.29, 1.82) is 0 Å². The van der Waals surface area contributed by atoms with Gasteiger partial charge >= 0.3 is 5.97 Å². The van der Waals surface area contributed by atoms with Gasteiger partial charge in [-0.15, -0.1) is 0 Å². The molecule has 0 spiro atoms. The van der Waals surface area contributed by atoms with Gasteiger partial charge < -0.3 is 14.6 Å². The number of aliphatic hydroxyl groups is 1. The van der Waals surface area contributed by atoms with Crippen LogP contribution in [0.15, 0.2) is 42.0 Å². The number of ether oxygens (including phenoxy) is 2. The third-order valence-electron chi connectivity index (χ3n) is 2.69. The minimum atomic E-state index is -1.10. The van der Waals surface area contributed by atoms with Crippen LogP contribution < -0.4 is 0 Å². The van der Waals surface area contributed by atoms with E-state index in [0.29, 0.717) is 13.2 Å². The van der Waals surface area contributed by atoms with Crippen molar-refractivity contribution in [2.24, 2.45) is 0 Å². The quantitative estimate of drug-likeness (QED) is 0.586. The molecule has 0 aliphatic carbocycles. The summed E-state index contributed by atoms with van der Waals surface area (Å²) in [6.45, 7) is 4.92. The Morgan fingerprint density at radius 2 is 2.05 bits per heavy atom. The van der Waals surface area contributed by atoms with Crippen molar-refractivity contribution < 1.29 is 19.4 Å². The molecule has 0 aliphatic heterocycles. The third kappa shape index (κ3) is 6.50. The standard InChI is InChI=1S/C16H22O4/c1-3-20-16(18)15(17)10-9-13(2)11-19-12-14-7-5-4-6-8-14/h4-9,15,17H,3,10-12H2,1-2H3/b13-9+. The molecule has 0 heterocycles. The van der Waals surface area contributed by atoms with Gasteiger partial charge in [0.25, 0.3) is 0 Å². The van der Waals surface area contributed by atoms with Gasteiger partial charge in [0.2, 0.25) is 0 Å². The molecule has 0 saturated carbocycles. The Labute approximate surface area is 120 Å². The predicted molar refractivity (Wildman–Crippen MR) is 77.1 cm³/mol. The van der Waals surface area contributed by atoms with E-state index < -0.39 is 12.1 Å². The number of hydrogen-bond acceptors (Lipinski definition) is 4. The summed E-state index contributed by atoms with van der Waals surface area (Å²) in [6, 6.07) is 9.91. The molecule has 1 N–H and O–H groups in total. The third-order valence-corrected chi connectivity index (χ3v) is 2.69. The molecule has 20 heavy (non-hydrogen) atoms. The van der Waals surface area contributed by atoms with E-state index in [-0.39, 0.29) is 13.0 Å². The van der Waals surface area contributed by atoms with Crippen molar-refractivity contribution in [2.45, 2.75) is 33.0 Å². The van der Waals surface area contributed by atoms with Crippen molar-refractivity contribution in [2.75, 3.05) is 13.2 Å². The Kier molecular flexibility index (Phi) is 7.62. The molecule has 0 fully saturated rings. The highest BCUT2D eigenvalue weighted by molar-refractivity contribution is 5.74. The maximum atomic E-state index is 11.2. The first-order valence-corrected chi connectivity index (χ1v) is 6.75. The molecule has 1 aromatic carbocycles. The fraction of sp³-hybridized carbons (Fsp3) is 0.438. The maximum Gasteiger partial charge on any atom is 0.335 e. The van der Waals surface area contributed by atoms with E-state index in [4.69, 9.17) is 9.47 Å². The Hall–Kier alpha value is -1.65. The minimum absolute atomic E-state index is 0.249. The van der Waals surface area contributed by atoms with Gasteiger partial charge in [-0.1, -0.05) is 42.0 Å². The summed E-state index contributed by atoms with van der Waals surface area (Å²) in [7, 11) is 0. The lowest BCUT2D eigenvalue weighted by Gasteiger charge is -2.08. The van der Waals surface area contributed by atoms with E-state index in [9.17, 15) is 9.90 Å². The summed E-state index contributed by atoms with van der Waals surface area (Å²) in [6.07, 6.45) is 0.949. The van der Waals surface area contributed by atoms with Crippen LogP contribution in [0.3, 0.4) is 0 Å². The second-order valence-corrected chi connectivity index (χ2v) is 4.53. The van der Waals surface area contributed by atoms with E-state index in [1.807, 2.05) is 37.3 Å². The lowest BCUT2D eigenvalue weighted by Crippen LogP contribution is -2.22. The average molecular weight is 278 g/mol. The molecule has 1 unspecified atom stereocenters. The highest BCUT2D eigenvalue weighted by atomic mass is 16.5. The molecule has 4 nitrogen and oxygen atoms in total. The molecule has 0 aromatic heterocycles. The van der Waals surface area contributed by atoms with Gasteiger partial charge in [-0.3, -0.25) is 0 Å². The van der Waals surface area contributed by atoms with Crippen LogP contribution in [0.25, 0.3) is 0 Å². The van der Waals surface area contributed by atoms with Crippen LogP contribution in [-0.2, 0) is 20.9 Å². The highest BCUT2D eigenvalue weighted by Gasteiger charge is 2.14. The van der Waals surface area contributed by atoms with Gasteiger partial charge in [0, 0.05) is 6.42 Å². The normalized spacial score (nSPS) is 13.1. The van der Waals surface area contributed by atoms with Crippen LogP contribution in [0.2, 0.25) is 0 Å². The zero-order chi connectivity index (χ0) is 14.8. The van der Waals surface area contributed by atoms with Crippen molar-refractivity contribution >= 4 is 5.97 Å². The minimum Gasteiger partial charge on any atom is -0.464 e. The molecule has 1 atom stereocenters. The first-order chi connectivity index (χ1) is 9.63. The Bertz CT molecular complexity index is 425. The van der Waals surface area contributed by atoms with Crippen LogP contribution in [0.4, 0.5) is 0 Å². The first kappa shape index (κ1) is 16.4. The average Bonchev–Trinajstić information content (AvgIpc) is 2.46. The van der Waals surface area contributed by atoms with Gasteiger partial charge in [-0.2, -0.15) is 0 Å². The molecule has 0 amide bonds. The van der Waals surface area contributed by atoms with Gasteiger partial charge in [-0.25, -0.2) is 4.79 Å². The van der Waals surface area contributed by atoms with Crippen LogP contribution >= 0.6 is 0 Å². The van der Waals surface area contributed by atoms with E-state index in [1.165, 1.54) is 0 Å². The number of carbonyl (C=O) groups is 1. The zero-order valence-electron chi connectivity index (χ0n) is 12.0. The lowest BCUT2D eigenvalue weighted by molar-refractivity contribution is -0.152. The molecule has 110 valence electrons. The monoisotopic (exact) mass is 278 g/mol. The number of benzene rings is 1. The zero-order valence-corrected chi connectivity index (χ0v) is 12.0. The Balaban J connectivity index is 2.26. The summed E-state index contributed by atoms with van der Waals surface area (Å²) >= 11 is 0. The summed E-state index contributed by atoms with van der Waals surface area (Å²) in [4.78, 5) is 11.2. The lowest BCUT2D eigenvalue weighted by atomic mass is 10.2. The van der Waals surface area contributed by atoms with Crippen LogP contribution in [-0.4, -0.2) is 30.4 Å². The van der Waals surface area contributed by atoms with E-state index in [0.717, 1.165) is 11.1 Å². The van der Waals surface area contributed by atoms with Gasteiger partial charge in [0.15, 0.2) is 6.10 Å². The van der Waals surface area contributed by atoms with Gasteiger partial charge in [0.05, 0.1) is 19.8 Å². The van der Waals surface area contributed by atoms with Crippen molar-refractivity contribution in [3.05, 3.63) is 47.5 Å². The second-order valence-electron chi connectivity index (χ2n) is 4.53. The maximum absolute atomic E-state index is 11.2. The van der Waals surface area contributed by atoms with Crippen LogP contribution in [0.5, 0.6) is 0 Å². The molecule has 0 radical (unpaired) electrons. The summed E-state index contributed by atoms with van der Waals surface area (Å²) in [5, 5.41) is 9.54. The molecule has 1 rings (SSSR count). The topological polar surface area (TPSA) is 55.8 Å².